The summed E-state index contributed by atoms with van der Waals surface area (Å²) in [5.41, 5.74) is 1.88. The number of para-hydroxylation sites is 1. The lowest BCUT2D eigenvalue weighted by molar-refractivity contribution is 0.265. The van der Waals surface area contributed by atoms with Crippen molar-refractivity contribution < 1.29 is 17.4 Å². The summed E-state index contributed by atoms with van der Waals surface area (Å²) in [5.74, 6) is 0.0513. The van der Waals surface area contributed by atoms with Crippen LogP contribution >= 0.6 is 0 Å². The molecule has 0 heterocycles. The molecule has 0 spiro atoms. The van der Waals surface area contributed by atoms with E-state index >= 15 is 0 Å². The van der Waals surface area contributed by atoms with E-state index in [1.165, 1.54) is 38.5 Å². The van der Waals surface area contributed by atoms with Crippen molar-refractivity contribution in [2.24, 2.45) is 0 Å². The van der Waals surface area contributed by atoms with Crippen molar-refractivity contribution in [2.75, 3.05) is 10.9 Å². The Labute approximate surface area is 202 Å². The van der Waals surface area contributed by atoms with Crippen LogP contribution in [0.2, 0.25) is 0 Å². The molecule has 32 heavy (non-hydrogen) atoms. The molecule has 1 aromatic carbocycles. The number of anilines is 1. The van der Waals surface area contributed by atoms with Crippen LogP contribution in [0.3, 0.4) is 0 Å². The van der Waals surface area contributed by atoms with Crippen LogP contribution in [0.1, 0.15) is 122 Å². The Balaban J connectivity index is 2.72. The van der Waals surface area contributed by atoms with Crippen molar-refractivity contribution in [3.05, 3.63) is 29.3 Å². The zero-order valence-corrected chi connectivity index (χ0v) is 22.2. The van der Waals surface area contributed by atoms with E-state index in [2.05, 4.69) is 6.92 Å². The van der Waals surface area contributed by atoms with E-state index in [9.17, 15) is 13.2 Å². The normalized spacial score (nSPS) is 12.0. The molecule has 0 aliphatic carbocycles. The molecule has 1 rings (SSSR count). The number of unbranched alkanes of at least 4 members (excludes halogenated alkanes) is 9. The summed E-state index contributed by atoms with van der Waals surface area (Å²) in [5, 5.41) is -0.969. The molecule has 1 aromatic rings. The number of carbonyl (C=O) groups excluding carboxylic acids is 1. The fourth-order valence-electron chi connectivity index (χ4n) is 3.85. The Morgan fingerprint density at radius 1 is 0.875 bits per heavy atom. The molecule has 0 N–H and O–H groups in total. The van der Waals surface area contributed by atoms with Crippen LogP contribution in [0.25, 0.3) is 0 Å². The van der Waals surface area contributed by atoms with Gasteiger partial charge < -0.3 is 17.4 Å². The van der Waals surface area contributed by atoms with Gasteiger partial charge in [0, 0.05) is 0 Å². The molecule has 1 amide bonds. The lowest BCUT2D eigenvalue weighted by atomic mass is 9.93. The highest BCUT2D eigenvalue weighted by molar-refractivity contribution is 7.92. The average Bonchev–Trinajstić information content (AvgIpc) is 2.71. The summed E-state index contributed by atoms with van der Waals surface area (Å²) in [7, 11) is -4.32. The van der Waals surface area contributed by atoms with Crippen molar-refractivity contribution in [1.29, 1.82) is 0 Å². The topological polar surface area (TPSA) is 63.7 Å². The van der Waals surface area contributed by atoms with E-state index in [0.717, 1.165) is 30.4 Å². The van der Waals surface area contributed by atoms with Gasteiger partial charge >= 0.3 is 10.3 Å². The average molecular weight is 485 g/mol. The maximum atomic E-state index is 13.0. The molecule has 0 saturated carbocycles. The summed E-state index contributed by atoms with van der Waals surface area (Å²) in [6.45, 7) is 10.1. The van der Waals surface area contributed by atoms with Crippen LogP contribution in [0, 0.1) is 0 Å². The molecule has 0 aromatic heterocycles. The molecule has 0 fully saturated rings. The zero-order chi connectivity index (χ0) is 24.1. The number of hydrogen-bond acceptors (Lipinski definition) is 5. The number of rotatable bonds is 16. The number of amides is 1. The lowest BCUT2D eigenvalue weighted by Gasteiger charge is -2.31. The molecule has 0 atom stereocenters. The molecule has 0 saturated heterocycles. The number of carbonyl (C=O) groups is 1. The molecule has 0 bridgehead atoms. The highest BCUT2D eigenvalue weighted by Gasteiger charge is 2.30. The van der Waals surface area contributed by atoms with Gasteiger partial charge in [0.1, 0.15) is 5.24 Å². The molecule has 0 aliphatic heterocycles. The Kier molecular flexibility index (Phi) is 13.4. The van der Waals surface area contributed by atoms with E-state index in [-0.39, 0.29) is 18.4 Å². The maximum absolute atomic E-state index is 13.0. The van der Waals surface area contributed by atoms with Crippen molar-refractivity contribution in [1.82, 2.24) is 0 Å². The van der Waals surface area contributed by atoms with Crippen LogP contribution in [-0.2, 0) is 27.1 Å². The van der Waals surface area contributed by atoms with Gasteiger partial charge in [0.25, 0.3) is 0 Å². The van der Waals surface area contributed by atoms with Crippen molar-refractivity contribution in [3.63, 3.8) is 0 Å². The SMILES string of the molecule is CCCCCCCCCCCCOS(=O)(=O)N(C(=O)[S-])c1c(C(C)C)cccc1C(C)C. The first kappa shape index (κ1) is 28.9. The van der Waals surface area contributed by atoms with E-state index in [4.69, 9.17) is 16.8 Å². The van der Waals surface area contributed by atoms with Gasteiger partial charge in [0.05, 0.1) is 12.3 Å². The van der Waals surface area contributed by atoms with Gasteiger partial charge in [-0.15, -0.1) is 0 Å². The van der Waals surface area contributed by atoms with Crippen LogP contribution in [0.5, 0.6) is 0 Å². The van der Waals surface area contributed by atoms with Gasteiger partial charge in [-0.2, -0.15) is 8.42 Å². The quantitative estimate of drug-likeness (QED) is 0.179. The minimum Gasteiger partial charge on any atom is -0.718 e. The summed E-state index contributed by atoms with van der Waals surface area (Å²) >= 11 is 4.84. The van der Waals surface area contributed by atoms with Crippen molar-refractivity contribution >= 4 is 33.9 Å². The second kappa shape index (κ2) is 14.9. The summed E-state index contributed by atoms with van der Waals surface area (Å²) < 4.78 is 31.9. The summed E-state index contributed by atoms with van der Waals surface area (Å²) in [6.07, 6.45) is 11.5. The summed E-state index contributed by atoms with van der Waals surface area (Å²) in [4.78, 5) is 12.3. The van der Waals surface area contributed by atoms with E-state index in [0.29, 0.717) is 16.4 Å². The van der Waals surface area contributed by atoms with Gasteiger partial charge in [-0.1, -0.05) is 111 Å². The maximum Gasteiger partial charge on any atom is 0.367 e. The Morgan fingerprint density at radius 2 is 1.31 bits per heavy atom. The molecular weight excluding hydrogens is 442 g/mol. The van der Waals surface area contributed by atoms with Crippen LogP contribution in [-0.4, -0.2) is 20.3 Å². The zero-order valence-electron chi connectivity index (χ0n) is 20.6. The third-order valence-corrected chi connectivity index (χ3v) is 7.22. The second-order valence-corrected chi connectivity index (χ2v) is 10.9. The standard InChI is InChI=1S/C25H43NO4S2/c1-6-7-8-9-10-11-12-13-14-15-19-30-32(28,29)26(25(27)31)24-22(20(2)3)17-16-18-23(24)21(4)5/h16-18,20-21H,6-15,19H2,1-5H3,(H,27,31)/p-1. The molecule has 7 heteroatoms. The highest BCUT2D eigenvalue weighted by atomic mass is 32.2. The smallest absolute Gasteiger partial charge is 0.367 e. The highest BCUT2D eigenvalue weighted by Crippen LogP contribution is 2.37. The van der Waals surface area contributed by atoms with E-state index in [1.54, 1.807) is 0 Å². The number of benzene rings is 1. The Bertz CT molecular complexity index is 765. The minimum absolute atomic E-state index is 0.0257. The molecule has 0 unspecified atom stereocenters. The van der Waals surface area contributed by atoms with Crippen LogP contribution < -0.4 is 4.31 Å². The van der Waals surface area contributed by atoms with E-state index in [1.807, 2.05) is 45.9 Å². The predicted octanol–water partition coefficient (Wildman–Crippen LogP) is 7.59. The predicted molar refractivity (Wildman–Crippen MR) is 137 cm³/mol. The summed E-state index contributed by atoms with van der Waals surface area (Å²) in [6, 6.07) is 5.57. The molecule has 184 valence electrons. The first-order valence-electron chi connectivity index (χ1n) is 12.2. The Morgan fingerprint density at radius 3 is 1.72 bits per heavy atom. The lowest BCUT2D eigenvalue weighted by Crippen LogP contribution is -2.38. The van der Waals surface area contributed by atoms with Gasteiger partial charge in [-0.25, -0.2) is 4.31 Å². The fourth-order valence-corrected chi connectivity index (χ4v) is 5.26. The van der Waals surface area contributed by atoms with Crippen molar-refractivity contribution in [3.8, 4) is 0 Å². The third kappa shape index (κ3) is 9.36. The van der Waals surface area contributed by atoms with Crippen LogP contribution in [0.15, 0.2) is 18.2 Å². The largest absolute Gasteiger partial charge is 0.718 e. The van der Waals surface area contributed by atoms with E-state index < -0.39 is 15.5 Å². The molecular formula is C25H42NO4S2-. The third-order valence-electron chi connectivity index (χ3n) is 5.67. The van der Waals surface area contributed by atoms with Crippen LogP contribution in [0.4, 0.5) is 10.5 Å². The monoisotopic (exact) mass is 484 g/mol. The fraction of sp³-hybridized carbons (Fsp3) is 0.720. The second-order valence-electron chi connectivity index (χ2n) is 9.09. The molecule has 5 nitrogen and oxygen atoms in total. The van der Waals surface area contributed by atoms with Gasteiger partial charge in [0.2, 0.25) is 0 Å². The van der Waals surface area contributed by atoms with Crippen molar-refractivity contribution in [2.45, 2.75) is 111 Å². The molecule has 0 aliphatic rings. The Hall–Kier alpha value is -1.18. The van der Waals surface area contributed by atoms with Gasteiger partial charge in [-0.3, -0.25) is 4.18 Å². The number of nitrogens with zero attached hydrogens (tertiary/aromatic N) is 1. The van der Waals surface area contributed by atoms with Gasteiger partial charge in [-0.05, 0) is 29.4 Å². The molecule has 0 radical (unpaired) electrons. The first-order chi connectivity index (χ1) is 15.1. The van der Waals surface area contributed by atoms with Gasteiger partial charge in [0.15, 0.2) is 0 Å². The first-order valence-corrected chi connectivity index (χ1v) is 13.9. The number of hydrogen-bond donors (Lipinski definition) is 0. The minimum atomic E-state index is -4.32.